The van der Waals surface area contributed by atoms with Gasteiger partial charge in [0, 0.05) is 11.3 Å². The van der Waals surface area contributed by atoms with Crippen LogP contribution in [-0.4, -0.2) is 19.3 Å². The maximum Gasteiger partial charge on any atom is 0.0770 e. The number of nitrogens with one attached hydrogen (secondary N) is 1. The minimum atomic E-state index is 0.327. The summed E-state index contributed by atoms with van der Waals surface area (Å²) in [5, 5.41) is 7.42. The first-order valence-corrected chi connectivity index (χ1v) is 8.59. The Hall–Kier alpha value is -0.900. The van der Waals surface area contributed by atoms with Crippen molar-refractivity contribution in [2.24, 2.45) is 0 Å². The van der Waals surface area contributed by atoms with E-state index in [2.05, 4.69) is 41.9 Å². The molecule has 2 heterocycles. The van der Waals surface area contributed by atoms with Crippen LogP contribution >= 0.6 is 11.3 Å². The van der Waals surface area contributed by atoms with Crippen LogP contribution in [0.25, 0.3) is 10.1 Å². The van der Waals surface area contributed by atoms with Gasteiger partial charge in [0.1, 0.15) is 0 Å². The summed E-state index contributed by atoms with van der Waals surface area (Å²) in [6.07, 6.45) is 5.16. The molecule has 0 spiro atoms. The molecule has 108 valence electrons. The Morgan fingerprint density at radius 1 is 1.35 bits per heavy atom. The molecule has 1 fully saturated rings. The molecule has 1 aliphatic rings. The van der Waals surface area contributed by atoms with Gasteiger partial charge in [0.2, 0.25) is 0 Å². The van der Waals surface area contributed by atoms with Crippen LogP contribution in [0.4, 0.5) is 0 Å². The predicted octanol–water partition coefficient (Wildman–Crippen LogP) is 4.51. The largest absolute Gasteiger partial charge is 0.376 e. The normalized spacial score (nSPS) is 21.1. The molecule has 20 heavy (non-hydrogen) atoms. The fourth-order valence-corrected chi connectivity index (χ4v) is 4.01. The van der Waals surface area contributed by atoms with Crippen molar-refractivity contribution in [1.82, 2.24) is 5.32 Å². The van der Waals surface area contributed by atoms with Gasteiger partial charge in [0.25, 0.3) is 0 Å². The molecule has 2 unspecified atom stereocenters. The summed E-state index contributed by atoms with van der Waals surface area (Å²) in [6.45, 7) is 4.18. The number of fused-ring (bicyclic) bond motifs is 1. The van der Waals surface area contributed by atoms with Crippen LogP contribution in [0, 0.1) is 0 Å². The lowest BCUT2D eigenvalue weighted by atomic mass is 9.95. The van der Waals surface area contributed by atoms with Crippen molar-refractivity contribution in [3.05, 3.63) is 35.2 Å². The molecular weight excluding hydrogens is 266 g/mol. The molecular formula is C17H23NOS. The van der Waals surface area contributed by atoms with Crippen molar-refractivity contribution in [2.45, 2.75) is 44.8 Å². The van der Waals surface area contributed by atoms with Crippen molar-refractivity contribution in [1.29, 1.82) is 0 Å². The third kappa shape index (κ3) is 2.90. The third-order valence-electron chi connectivity index (χ3n) is 4.05. The number of thiophene rings is 1. The van der Waals surface area contributed by atoms with Gasteiger partial charge in [0.15, 0.2) is 0 Å². The maximum absolute atomic E-state index is 6.05. The molecule has 2 nitrogen and oxygen atoms in total. The Morgan fingerprint density at radius 3 is 3.05 bits per heavy atom. The summed E-state index contributed by atoms with van der Waals surface area (Å²) in [5.41, 5.74) is 1.42. The van der Waals surface area contributed by atoms with Gasteiger partial charge in [-0.2, -0.15) is 0 Å². The summed E-state index contributed by atoms with van der Waals surface area (Å²) in [7, 11) is 0. The van der Waals surface area contributed by atoms with E-state index in [1.165, 1.54) is 34.9 Å². The average molecular weight is 289 g/mol. The highest BCUT2D eigenvalue weighted by atomic mass is 32.1. The van der Waals surface area contributed by atoms with Gasteiger partial charge in [-0.3, -0.25) is 0 Å². The van der Waals surface area contributed by atoms with Gasteiger partial charge in [-0.15, -0.1) is 11.3 Å². The zero-order valence-electron chi connectivity index (χ0n) is 12.1. The second-order valence-electron chi connectivity index (χ2n) is 5.52. The SMILES string of the molecule is CCCNC(c1csc2ccccc12)C1CCCCO1. The summed E-state index contributed by atoms with van der Waals surface area (Å²) >= 11 is 1.84. The Bertz CT molecular complexity index is 545. The number of hydrogen-bond donors (Lipinski definition) is 1. The standard InChI is InChI=1S/C17H23NOS/c1-2-10-18-17(15-8-5-6-11-19-15)14-12-20-16-9-4-3-7-13(14)16/h3-4,7,9,12,15,17-18H,2,5-6,8,10-11H2,1H3. The molecule has 1 N–H and O–H groups in total. The average Bonchev–Trinajstić information content (AvgIpc) is 2.93. The molecule has 0 saturated carbocycles. The van der Waals surface area contributed by atoms with Crippen LogP contribution in [0.15, 0.2) is 29.6 Å². The van der Waals surface area contributed by atoms with E-state index in [9.17, 15) is 0 Å². The summed E-state index contributed by atoms with van der Waals surface area (Å²) in [4.78, 5) is 0. The Morgan fingerprint density at radius 2 is 2.25 bits per heavy atom. The zero-order chi connectivity index (χ0) is 13.8. The van der Waals surface area contributed by atoms with Crippen molar-refractivity contribution >= 4 is 21.4 Å². The molecule has 1 aromatic carbocycles. The van der Waals surface area contributed by atoms with Crippen molar-refractivity contribution in [3.8, 4) is 0 Å². The molecule has 2 aromatic rings. The molecule has 0 amide bonds. The van der Waals surface area contributed by atoms with E-state index in [0.29, 0.717) is 12.1 Å². The van der Waals surface area contributed by atoms with Gasteiger partial charge in [-0.1, -0.05) is 25.1 Å². The van der Waals surface area contributed by atoms with Crippen molar-refractivity contribution < 1.29 is 4.74 Å². The van der Waals surface area contributed by atoms with Crippen LogP contribution < -0.4 is 5.32 Å². The highest BCUT2D eigenvalue weighted by Gasteiger charge is 2.27. The first kappa shape index (κ1) is 14.1. The second kappa shape index (κ2) is 6.70. The summed E-state index contributed by atoms with van der Waals surface area (Å²) in [6, 6.07) is 9.05. The van der Waals surface area contributed by atoms with Crippen LogP contribution in [0.1, 0.15) is 44.2 Å². The molecule has 1 aromatic heterocycles. The van der Waals surface area contributed by atoms with Gasteiger partial charge in [-0.25, -0.2) is 0 Å². The molecule has 0 aliphatic carbocycles. The first-order chi connectivity index (χ1) is 9.90. The van der Waals surface area contributed by atoms with Gasteiger partial charge in [0.05, 0.1) is 12.1 Å². The Kier molecular flexibility index (Phi) is 4.71. The second-order valence-corrected chi connectivity index (χ2v) is 6.44. The molecule has 2 atom stereocenters. The van der Waals surface area contributed by atoms with E-state index >= 15 is 0 Å². The maximum atomic E-state index is 6.05. The van der Waals surface area contributed by atoms with E-state index in [0.717, 1.165) is 19.6 Å². The van der Waals surface area contributed by atoms with E-state index in [1.54, 1.807) is 0 Å². The lowest BCUT2D eigenvalue weighted by Crippen LogP contribution is -2.36. The quantitative estimate of drug-likeness (QED) is 0.874. The highest BCUT2D eigenvalue weighted by molar-refractivity contribution is 7.17. The third-order valence-corrected chi connectivity index (χ3v) is 5.03. The monoisotopic (exact) mass is 289 g/mol. The van der Waals surface area contributed by atoms with Gasteiger partial charge >= 0.3 is 0 Å². The topological polar surface area (TPSA) is 21.3 Å². The molecule has 0 radical (unpaired) electrons. The van der Waals surface area contributed by atoms with Crippen LogP contribution in [0.5, 0.6) is 0 Å². The highest BCUT2D eigenvalue weighted by Crippen LogP contribution is 2.34. The fourth-order valence-electron chi connectivity index (χ4n) is 3.01. The molecule has 3 heteroatoms. The lowest BCUT2D eigenvalue weighted by Gasteiger charge is -2.31. The number of rotatable bonds is 5. The Balaban J connectivity index is 1.90. The molecule has 1 aliphatic heterocycles. The lowest BCUT2D eigenvalue weighted by molar-refractivity contribution is -0.00778. The predicted molar refractivity (Wildman–Crippen MR) is 86.5 cm³/mol. The van der Waals surface area contributed by atoms with E-state index < -0.39 is 0 Å². The zero-order valence-corrected chi connectivity index (χ0v) is 12.9. The molecule has 3 rings (SSSR count). The van der Waals surface area contributed by atoms with Crippen molar-refractivity contribution in [2.75, 3.05) is 13.2 Å². The van der Waals surface area contributed by atoms with Gasteiger partial charge < -0.3 is 10.1 Å². The van der Waals surface area contributed by atoms with Crippen LogP contribution in [0.2, 0.25) is 0 Å². The van der Waals surface area contributed by atoms with Crippen LogP contribution in [-0.2, 0) is 4.74 Å². The van der Waals surface area contributed by atoms with Gasteiger partial charge in [-0.05, 0) is 54.6 Å². The Labute approximate surface area is 125 Å². The smallest absolute Gasteiger partial charge is 0.0770 e. The fraction of sp³-hybridized carbons (Fsp3) is 0.529. The van der Waals surface area contributed by atoms with E-state index in [4.69, 9.17) is 4.74 Å². The summed E-state index contributed by atoms with van der Waals surface area (Å²) < 4.78 is 7.43. The van der Waals surface area contributed by atoms with Crippen molar-refractivity contribution in [3.63, 3.8) is 0 Å². The summed E-state index contributed by atoms with van der Waals surface area (Å²) in [5.74, 6) is 0. The minimum absolute atomic E-state index is 0.327. The first-order valence-electron chi connectivity index (χ1n) is 7.71. The number of benzene rings is 1. The molecule has 0 bridgehead atoms. The molecule has 1 saturated heterocycles. The number of ether oxygens (including phenoxy) is 1. The minimum Gasteiger partial charge on any atom is -0.376 e. The van der Waals surface area contributed by atoms with E-state index in [-0.39, 0.29) is 0 Å². The van der Waals surface area contributed by atoms with E-state index in [1.807, 2.05) is 11.3 Å². The van der Waals surface area contributed by atoms with Crippen LogP contribution in [0.3, 0.4) is 0 Å². The number of hydrogen-bond acceptors (Lipinski definition) is 3.